The third kappa shape index (κ3) is 4.26. The third-order valence-corrected chi connectivity index (χ3v) is 7.03. The van der Waals surface area contributed by atoms with Gasteiger partial charge in [0.15, 0.2) is 0 Å². The summed E-state index contributed by atoms with van der Waals surface area (Å²) in [7, 11) is 0. The van der Waals surface area contributed by atoms with Crippen LogP contribution in [0.1, 0.15) is 25.7 Å². The first-order chi connectivity index (χ1) is 15.6. The molecule has 3 fully saturated rings. The summed E-state index contributed by atoms with van der Waals surface area (Å²) in [5, 5.41) is 6.24. The predicted molar refractivity (Wildman–Crippen MR) is 122 cm³/mol. The summed E-state index contributed by atoms with van der Waals surface area (Å²) in [6, 6.07) is 11.2. The van der Waals surface area contributed by atoms with E-state index in [9.17, 15) is 9.59 Å². The fourth-order valence-corrected chi connectivity index (χ4v) is 5.05. The Labute approximate surface area is 188 Å². The van der Waals surface area contributed by atoms with Crippen LogP contribution in [0.4, 0.5) is 16.4 Å². The quantitative estimate of drug-likeness (QED) is 0.755. The van der Waals surface area contributed by atoms with Gasteiger partial charge in [0, 0.05) is 56.7 Å². The van der Waals surface area contributed by atoms with Crippen LogP contribution < -0.4 is 15.5 Å². The molecule has 1 saturated carbocycles. The third-order valence-electron chi connectivity index (χ3n) is 7.03. The molecule has 2 N–H and O–H groups in total. The Morgan fingerprint density at radius 3 is 2.59 bits per heavy atom. The molecule has 3 amide bonds. The molecule has 0 radical (unpaired) electrons. The van der Waals surface area contributed by atoms with E-state index in [0.717, 1.165) is 25.1 Å². The van der Waals surface area contributed by atoms with E-state index in [1.165, 1.54) is 12.8 Å². The zero-order chi connectivity index (χ0) is 22.0. The first-order valence-corrected chi connectivity index (χ1v) is 11.6. The number of urea groups is 1. The number of para-hydroxylation sites is 1. The van der Waals surface area contributed by atoms with Crippen LogP contribution >= 0.6 is 0 Å². The number of benzene rings is 1. The smallest absolute Gasteiger partial charge is 0.321 e. The van der Waals surface area contributed by atoms with Gasteiger partial charge in [0.05, 0.1) is 5.41 Å². The highest BCUT2D eigenvalue weighted by Crippen LogP contribution is 2.44. The highest BCUT2D eigenvalue weighted by Gasteiger charge is 2.54. The molecule has 3 heterocycles. The molecule has 168 valence electrons. The van der Waals surface area contributed by atoms with Gasteiger partial charge in [-0.1, -0.05) is 18.2 Å². The van der Waals surface area contributed by atoms with E-state index < -0.39 is 5.41 Å². The monoisotopic (exact) mass is 434 g/mol. The summed E-state index contributed by atoms with van der Waals surface area (Å²) < 4.78 is 0. The summed E-state index contributed by atoms with van der Waals surface area (Å²) in [5.41, 5.74) is 0.247. The maximum atomic E-state index is 13.5. The van der Waals surface area contributed by atoms with Gasteiger partial charge in [0.1, 0.15) is 0 Å². The minimum atomic E-state index is -0.532. The van der Waals surface area contributed by atoms with E-state index in [-0.39, 0.29) is 17.9 Å². The fraction of sp³-hybridized carbons (Fsp3) is 0.500. The number of carbonyl (C=O) groups is 2. The number of rotatable bonds is 5. The van der Waals surface area contributed by atoms with Crippen molar-refractivity contribution in [1.82, 2.24) is 20.2 Å². The van der Waals surface area contributed by atoms with E-state index in [2.05, 4.69) is 25.5 Å². The van der Waals surface area contributed by atoms with E-state index in [1.807, 2.05) is 35.2 Å². The number of fused-ring (bicyclic) bond motifs is 1. The summed E-state index contributed by atoms with van der Waals surface area (Å²) >= 11 is 0. The average molecular weight is 435 g/mol. The number of carbonyl (C=O) groups excluding carboxylic acids is 2. The van der Waals surface area contributed by atoms with Crippen LogP contribution in [0.2, 0.25) is 0 Å². The number of anilines is 2. The van der Waals surface area contributed by atoms with Crippen LogP contribution in [0.15, 0.2) is 48.8 Å². The standard InChI is InChI=1S/C24H30N6O2/c31-21(27-14-18-8-9-18)24-10-4-13-29(23(32)28-20-6-2-1-3-7-20)15-19(24)16-30(17-24)22-25-11-5-12-26-22/h1-3,5-7,11-12,18-19H,4,8-10,13-17H2,(H,27,31)(H,28,32)/t19-,24-/m1/s1. The van der Waals surface area contributed by atoms with Crippen molar-refractivity contribution in [2.75, 3.05) is 42.9 Å². The number of likely N-dealkylation sites (tertiary alicyclic amines) is 1. The lowest BCUT2D eigenvalue weighted by Gasteiger charge is -2.32. The van der Waals surface area contributed by atoms with Gasteiger partial charge < -0.3 is 20.4 Å². The van der Waals surface area contributed by atoms with Gasteiger partial charge in [0.2, 0.25) is 11.9 Å². The van der Waals surface area contributed by atoms with Gasteiger partial charge in [-0.15, -0.1) is 0 Å². The van der Waals surface area contributed by atoms with Crippen LogP contribution in [-0.4, -0.2) is 59.5 Å². The number of nitrogens with zero attached hydrogens (tertiary/aromatic N) is 4. The Hall–Kier alpha value is -3.16. The SMILES string of the molecule is O=C(Nc1ccccc1)N1CCC[C@@]2(C(=O)NCC3CC3)CN(c3ncccn3)C[C@H]2C1. The number of hydrogen-bond acceptors (Lipinski definition) is 5. The Bertz CT molecular complexity index is 951. The van der Waals surface area contributed by atoms with Crippen molar-refractivity contribution >= 4 is 23.6 Å². The average Bonchev–Trinajstić information content (AvgIpc) is 3.61. The van der Waals surface area contributed by atoms with E-state index >= 15 is 0 Å². The highest BCUT2D eigenvalue weighted by atomic mass is 16.2. The minimum Gasteiger partial charge on any atom is -0.355 e. The molecule has 2 saturated heterocycles. The van der Waals surface area contributed by atoms with Crippen molar-refractivity contribution in [3.8, 4) is 0 Å². The zero-order valence-corrected chi connectivity index (χ0v) is 18.2. The van der Waals surface area contributed by atoms with Crippen LogP contribution in [0.5, 0.6) is 0 Å². The number of nitrogens with one attached hydrogen (secondary N) is 2. The summed E-state index contributed by atoms with van der Waals surface area (Å²) in [4.78, 5) is 39.4. The van der Waals surface area contributed by atoms with Crippen LogP contribution in [0.3, 0.4) is 0 Å². The number of hydrogen-bond donors (Lipinski definition) is 2. The normalized spacial score (nSPS) is 25.1. The van der Waals surface area contributed by atoms with Crippen molar-refractivity contribution in [2.45, 2.75) is 25.7 Å². The van der Waals surface area contributed by atoms with Gasteiger partial charge >= 0.3 is 6.03 Å². The van der Waals surface area contributed by atoms with Crippen molar-refractivity contribution < 1.29 is 9.59 Å². The van der Waals surface area contributed by atoms with Gasteiger partial charge in [-0.05, 0) is 49.8 Å². The molecule has 8 heteroatoms. The minimum absolute atomic E-state index is 0.0227. The largest absolute Gasteiger partial charge is 0.355 e. The van der Waals surface area contributed by atoms with Crippen molar-refractivity contribution in [2.24, 2.45) is 17.3 Å². The maximum Gasteiger partial charge on any atom is 0.321 e. The molecular formula is C24H30N6O2. The summed E-state index contributed by atoms with van der Waals surface area (Å²) in [6.45, 7) is 3.20. The van der Waals surface area contributed by atoms with Gasteiger partial charge in [0.25, 0.3) is 0 Å². The lowest BCUT2D eigenvalue weighted by molar-refractivity contribution is -0.132. The van der Waals surface area contributed by atoms with Crippen molar-refractivity contribution in [1.29, 1.82) is 0 Å². The molecule has 5 rings (SSSR count). The molecule has 2 aliphatic heterocycles. The van der Waals surface area contributed by atoms with E-state index in [4.69, 9.17) is 0 Å². The molecule has 2 aromatic rings. The second-order valence-corrected chi connectivity index (χ2v) is 9.28. The Morgan fingerprint density at radius 1 is 1.06 bits per heavy atom. The van der Waals surface area contributed by atoms with Crippen LogP contribution in [0, 0.1) is 17.3 Å². The predicted octanol–water partition coefficient (Wildman–Crippen LogP) is 2.75. The lowest BCUT2D eigenvalue weighted by atomic mass is 9.74. The van der Waals surface area contributed by atoms with Crippen molar-refractivity contribution in [3.05, 3.63) is 48.8 Å². The van der Waals surface area contributed by atoms with Crippen molar-refractivity contribution in [3.63, 3.8) is 0 Å². The molecule has 3 aliphatic rings. The summed E-state index contributed by atoms with van der Waals surface area (Å²) in [5.74, 6) is 1.42. The Balaban J connectivity index is 1.36. The lowest BCUT2D eigenvalue weighted by Crippen LogP contribution is -2.49. The molecule has 0 unspecified atom stereocenters. The van der Waals surface area contributed by atoms with Gasteiger partial charge in [-0.2, -0.15) is 0 Å². The Morgan fingerprint density at radius 2 is 1.84 bits per heavy atom. The Kier molecular flexibility index (Phi) is 5.68. The second kappa shape index (κ2) is 8.76. The maximum absolute atomic E-state index is 13.5. The highest BCUT2D eigenvalue weighted by molar-refractivity contribution is 5.90. The van der Waals surface area contributed by atoms with Gasteiger partial charge in [-0.25, -0.2) is 14.8 Å². The second-order valence-electron chi connectivity index (χ2n) is 9.28. The molecule has 1 aromatic carbocycles. The summed E-state index contributed by atoms with van der Waals surface area (Å²) in [6.07, 6.45) is 7.42. The first-order valence-electron chi connectivity index (χ1n) is 11.6. The first kappa shape index (κ1) is 20.7. The van der Waals surface area contributed by atoms with E-state index in [0.29, 0.717) is 38.0 Å². The number of aromatic nitrogens is 2. The zero-order valence-electron chi connectivity index (χ0n) is 18.2. The van der Waals surface area contributed by atoms with E-state index in [1.54, 1.807) is 18.5 Å². The fourth-order valence-electron chi connectivity index (χ4n) is 5.05. The molecule has 0 spiro atoms. The molecular weight excluding hydrogens is 404 g/mol. The molecule has 32 heavy (non-hydrogen) atoms. The topological polar surface area (TPSA) is 90.5 Å². The van der Waals surface area contributed by atoms with Crippen LogP contribution in [-0.2, 0) is 4.79 Å². The molecule has 8 nitrogen and oxygen atoms in total. The molecule has 2 atom stereocenters. The molecule has 1 aliphatic carbocycles. The van der Waals surface area contributed by atoms with Gasteiger partial charge in [-0.3, -0.25) is 4.79 Å². The molecule has 1 aromatic heterocycles. The van der Waals surface area contributed by atoms with Crippen LogP contribution in [0.25, 0.3) is 0 Å². The molecule has 0 bridgehead atoms. The number of amides is 3.